The number of benzene rings is 1. The van der Waals surface area contributed by atoms with E-state index in [9.17, 15) is 9.18 Å². The van der Waals surface area contributed by atoms with Crippen molar-refractivity contribution in [3.63, 3.8) is 0 Å². The van der Waals surface area contributed by atoms with Crippen LogP contribution >= 0.6 is 12.4 Å². The minimum absolute atomic E-state index is 0. The fourth-order valence-corrected chi connectivity index (χ4v) is 2.31. The van der Waals surface area contributed by atoms with E-state index in [4.69, 9.17) is 9.15 Å². The summed E-state index contributed by atoms with van der Waals surface area (Å²) in [5, 5.41) is 5.93. The molecule has 1 saturated heterocycles. The van der Waals surface area contributed by atoms with Crippen molar-refractivity contribution in [2.45, 2.75) is 12.5 Å². The molecule has 0 spiro atoms. The topological polar surface area (TPSA) is 76.4 Å². The van der Waals surface area contributed by atoms with E-state index in [2.05, 4.69) is 15.6 Å². The van der Waals surface area contributed by atoms with Gasteiger partial charge in [-0.1, -0.05) is 0 Å². The van der Waals surface area contributed by atoms with Crippen LogP contribution in [0.15, 0.2) is 34.9 Å². The number of oxazole rings is 1. The molecule has 1 aromatic heterocycles. The van der Waals surface area contributed by atoms with Crippen LogP contribution in [0.5, 0.6) is 0 Å². The highest BCUT2D eigenvalue weighted by molar-refractivity contribution is 5.85. The Balaban J connectivity index is 0.00000208. The van der Waals surface area contributed by atoms with Crippen molar-refractivity contribution in [3.8, 4) is 11.5 Å². The van der Waals surface area contributed by atoms with Gasteiger partial charge in [0.2, 0.25) is 11.8 Å². The lowest BCUT2D eigenvalue weighted by molar-refractivity contribution is -0.134. The molecule has 1 fully saturated rings. The molecule has 2 N–H and O–H groups in total. The van der Waals surface area contributed by atoms with Gasteiger partial charge >= 0.3 is 0 Å². The first-order chi connectivity index (χ1) is 11.2. The molecule has 0 aliphatic carbocycles. The maximum Gasteiger partial charge on any atom is 0.250 e. The van der Waals surface area contributed by atoms with Gasteiger partial charge in [0.15, 0.2) is 0 Å². The number of nitrogens with one attached hydrogen (secondary N) is 2. The van der Waals surface area contributed by atoms with E-state index >= 15 is 0 Å². The van der Waals surface area contributed by atoms with Crippen molar-refractivity contribution in [3.05, 3.63) is 42.0 Å². The van der Waals surface area contributed by atoms with Crippen LogP contribution in [-0.2, 0) is 16.0 Å². The fourth-order valence-electron chi connectivity index (χ4n) is 2.31. The van der Waals surface area contributed by atoms with Crippen molar-refractivity contribution in [1.82, 2.24) is 15.6 Å². The number of hydrogen-bond acceptors (Lipinski definition) is 5. The third-order valence-corrected chi connectivity index (χ3v) is 3.54. The highest BCUT2D eigenvalue weighted by atomic mass is 35.5. The summed E-state index contributed by atoms with van der Waals surface area (Å²) in [6.07, 6.45) is 1.66. The molecule has 1 aromatic carbocycles. The molecular weight excluding hydrogens is 337 g/mol. The molecule has 0 saturated carbocycles. The van der Waals surface area contributed by atoms with Crippen LogP contribution in [0.2, 0.25) is 0 Å². The first kappa shape index (κ1) is 18.4. The van der Waals surface area contributed by atoms with Crippen molar-refractivity contribution in [1.29, 1.82) is 0 Å². The summed E-state index contributed by atoms with van der Waals surface area (Å²) in [6.45, 7) is 2.30. The number of ether oxygens (including phenoxy) is 1. The second kappa shape index (κ2) is 8.77. The number of rotatable bonds is 5. The average Bonchev–Trinajstić information content (AvgIpc) is 3.05. The quantitative estimate of drug-likeness (QED) is 0.851. The predicted molar refractivity (Wildman–Crippen MR) is 88.5 cm³/mol. The third kappa shape index (κ3) is 4.77. The predicted octanol–water partition coefficient (Wildman–Crippen LogP) is 1.55. The first-order valence-corrected chi connectivity index (χ1v) is 7.53. The van der Waals surface area contributed by atoms with Gasteiger partial charge in [0.25, 0.3) is 0 Å². The molecule has 2 heterocycles. The van der Waals surface area contributed by atoms with E-state index in [-0.39, 0.29) is 24.1 Å². The van der Waals surface area contributed by atoms with E-state index in [1.165, 1.54) is 12.1 Å². The number of amides is 1. The molecule has 1 amide bonds. The number of halogens is 2. The molecule has 8 heteroatoms. The second-order valence-electron chi connectivity index (χ2n) is 5.26. The summed E-state index contributed by atoms with van der Waals surface area (Å²) in [7, 11) is 0. The Morgan fingerprint density at radius 1 is 1.38 bits per heavy atom. The lowest BCUT2D eigenvalue weighted by Gasteiger charge is -2.22. The molecule has 6 nitrogen and oxygen atoms in total. The number of carbonyl (C=O) groups is 1. The van der Waals surface area contributed by atoms with Gasteiger partial charge in [-0.15, -0.1) is 12.4 Å². The van der Waals surface area contributed by atoms with Crippen LogP contribution in [0, 0.1) is 5.82 Å². The second-order valence-corrected chi connectivity index (χ2v) is 5.26. The van der Waals surface area contributed by atoms with Gasteiger partial charge in [-0.3, -0.25) is 4.79 Å². The maximum absolute atomic E-state index is 12.9. The van der Waals surface area contributed by atoms with Crippen LogP contribution in [0.3, 0.4) is 0 Å². The molecule has 1 atom stereocenters. The van der Waals surface area contributed by atoms with Crippen LogP contribution < -0.4 is 10.6 Å². The van der Waals surface area contributed by atoms with Crippen LogP contribution in [0.1, 0.15) is 5.69 Å². The van der Waals surface area contributed by atoms with Gasteiger partial charge in [-0.05, 0) is 24.3 Å². The van der Waals surface area contributed by atoms with Gasteiger partial charge in [0, 0.05) is 31.6 Å². The van der Waals surface area contributed by atoms with Gasteiger partial charge in [0.1, 0.15) is 18.2 Å². The highest BCUT2D eigenvalue weighted by Crippen LogP contribution is 2.18. The largest absolute Gasteiger partial charge is 0.444 e. The Morgan fingerprint density at radius 2 is 2.17 bits per heavy atom. The Morgan fingerprint density at radius 3 is 2.88 bits per heavy atom. The summed E-state index contributed by atoms with van der Waals surface area (Å²) < 4.78 is 23.7. The highest BCUT2D eigenvalue weighted by Gasteiger charge is 2.21. The molecule has 1 aliphatic rings. The van der Waals surface area contributed by atoms with E-state index in [1.807, 2.05) is 0 Å². The van der Waals surface area contributed by atoms with Crippen LogP contribution in [-0.4, -0.2) is 43.2 Å². The number of morpholine rings is 1. The van der Waals surface area contributed by atoms with Crippen LogP contribution in [0.25, 0.3) is 11.5 Å². The molecule has 1 unspecified atom stereocenters. The lowest BCUT2D eigenvalue weighted by Crippen LogP contribution is -2.48. The zero-order valence-corrected chi connectivity index (χ0v) is 13.8. The minimum Gasteiger partial charge on any atom is -0.444 e. The van der Waals surface area contributed by atoms with Gasteiger partial charge in [-0.25, -0.2) is 9.37 Å². The molecule has 0 bridgehead atoms. The Kier molecular flexibility index (Phi) is 6.72. The fraction of sp³-hybridized carbons (Fsp3) is 0.375. The summed E-state index contributed by atoms with van der Waals surface area (Å²) in [4.78, 5) is 16.2. The SMILES string of the molecule is Cl.O=C(NCCc1coc(-c2ccc(F)cc2)n1)C1CNCCO1. The lowest BCUT2D eigenvalue weighted by atomic mass is 10.2. The zero-order valence-electron chi connectivity index (χ0n) is 13.0. The Hall–Kier alpha value is -1.96. The van der Waals surface area contributed by atoms with Gasteiger partial charge in [0.05, 0.1) is 12.3 Å². The molecule has 24 heavy (non-hydrogen) atoms. The molecule has 3 rings (SSSR count). The Labute approximate surface area is 145 Å². The van der Waals surface area contributed by atoms with E-state index in [0.29, 0.717) is 37.6 Å². The maximum atomic E-state index is 12.9. The van der Waals surface area contributed by atoms with E-state index in [1.54, 1.807) is 18.4 Å². The van der Waals surface area contributed by atoms with Gasteiger partial charge in [-0.2, -0.15) is 0 Å². The van der Waals surface area contributed by atoms with Gasteiger partial charge < -0.3 is 19.8 Å². The minimum atomic E-state index is -0.434. The summed E-state index contributed by atoms with van der Waals surface area (Å²) >= 11 is 0. The van der Waals surface area contributed by atoms with Crippen molar-refractivity contribution < 1.29 is 18.3 Å². The molecular formula is C16H19ClFN3O3. The van der Waals surface area contributed by atoms with Crippen molar-refractivity contribution >= 4 is 18.3 Å². The van der Waals surface area contributed by atoms with Crippen molar-refractivity contribution in [2.24, 2.45) is 0 Å². The number of nitrogens with zero attached hydrogens (tertiary/aromatic N) is 1. The molecule has 2 aromatic rings. The van der Waals surface area contributed by atoms with E-state index < -0.39 is 6.10 Å². The summed E-state index contributed by atoms with van der Waals surface area (Å²) in [5.41, 5.74) is 1.44. The zero-order chi connectivity index (χ0) is 16.1. The normalized spacial score (nSPS) is 17.1. The van der Waals surface area contributed by atoms with Crippen molar-refractivity contribution in [2.75, 3.05) is 26.2 Å². The standard InChI is InChI=1S/C16H18FN3O3.ClH/c17-12-3-1-11(2-4-12)16-20-13(10-23-16)5-6-19-15(21)14-9-18-7-8-22-14;/h1-4,10,14,18H,5-9H2,(H,19,21);1H. The number of carbonyl (C=O) groups excluding carboxylic acids is 1. The first-order valence-electron chi connectivity index (χ1n) is 7.53. The third-order valence-electron chi connectivity index (χ3n) is 3.54. The molecule has 130 valence electrons. The number of aromatic nitrogens is 1. The Bertz CT molecular complexity index is 657. The smallest absolute Gasteiger partial charge is 0.250 e. The summed E-state index contributed by atoms with van der Waals surface area (Å²) in [5.74, 6) is 0.00765. The monoisotopic (exact) mass is 355 g/mol. The molecule has 1 aliphatic heterocycles. The number of hydrogen-bond donors (Lipinski definition) is 2. The molecule has 0 radical (unpaired) electrons. The van der Waals surface area contributed by atoms with E-state index in [0.717, 1.165) is 12.2 Å². The summed E-state index contributed by atoms with van der Waals surface area (Å²) in [6, 6.07) is 5.94. The van der Waals surface area contributed by atoms with Crippen LogP contribution in [0.4, 0.5) is 4.39 Å². The average molecular weight is 356 g/mol.